The summed E-state index contributed by atoms with van der Waals surface area (Å²) in [5.41, 5.74) is -1.42. The normalized spacial score (nSPS) is 15.5. The van der Waals surface area contributed by atoms with Crippen molar-refractivity contribution in [3.63, 3.8) is 0 Å². The minimum atomic E-state index is -4.81. The lowest BCUT2D eigenvalue weighted by molar-refractivity contribution is -0.136. The minimum Gasteiger partial charge on any atom is -0.459 e. The Morgan fingerprint density at radius 1 is 0.886 bits per heavy atom. The van der Waals surface area contributed by atoms with Gasteiger partial charge in [0.25, 0.3) is 17.7 Å². The lowest BCUT2D eigenvalue weighted by Crippen LogP contribution is -2.27. The number of ether oxygens (including phenoxy) is 1. The van der Waals surface area contributed by atoms with Crippen LogP contribution in [0.25, 0.3) is 0 Å². The molecular formula is C24H20F3N3O5. The van der Waals surface area contributed by atoms with Crippen molar-refractivity contribution in [1.29, 1.82) is 0 Å². The van der Waals surface area contributed by atoms with Gasteiger partial charge >= 0.3 is 6.18 Å². The number of anilines is 3. The molecule has 8 nitrogen and oxygen atoms in total. The summed E-state index contributed by atoms with van der Waals surface area (Å²) in [6.07, 6.45) is -2.77. The quantitative estimate of drug-likeness (QED) is 0.457. The molecule has 3 amide bonds. The molecule has 1 aliphatic heterocycles. The van der Waals surface area contributed by atoms with Crippen LogP contribution in [0.4, 0.5) is 30.2 Å². The molecule has 2 aromatic carbocycles. The van der Waals surface area contributed by atoms with Crippen LogP contribution in [0.3, 0.4) is 0 Å². The molecule has 1 aromatic heterocycles. The van der Waals surface area contributed by atoms with Crippen LogP contribution in [0.15, 0.2) is 65.3 Å². The Hall–Kier alpha value is -4.12. The third-order valence-corrected chi connectivity index (χ3v) is 5.19. The van der Waals surface area contributed by atoms with Gasteiger partial charge in [0.15, 0.2) is 5.76 Å². The van der Waals surface area contributed by atoms with E-state index in [1.807, 2.05) is 0 Å². The van der Waals surface area contributed by atoms with Crippen molar-refractivity contribution in [2.75, 3.05) is 22.6 Å². The maximum Gasteiger partial charge on any atom is 0.418 e. The Labute approximate surface area is 197 Å². The summed E-state index contributed by atoms with van der Waals surface area (Å²) < 4.78 is 51.4. The van der Waals surface area contributed by atoms with Crippen LogP contribution >= 0.6 is 0 Å². The van der Waals surface area contributed by atoms with E-state index >= 15 is 0 Å². The van der Waals surface area contributed by atoms with E-state index in [1.54, 1.807) is 6.07 Å². The first-order valence-corrected chi connectivity index (χ1v) is 10.6. The van der Waals surface area contributed by atoms with Crippen molar-refractivity contribution >= 4 is 34.8 Å². The number of alkyl halides is 3. The molecule has 11 heteroatoms. The van der Waals surface area contributed by atoms with Gasteiger partial charge in [-0.15, -0.1) is 0 Å². The van der Waals surface area contributed by atoms with E-state index in [4.69, 9.17) is 9.15 Å². The molecule has 3 N–H and O–H groups in total. The van der Waals surface area contributed by atoms with Gasteiger partial charge in [0.1, 0.15) is 6.10 Å². The van der Waals surface area contributed by atoms with Crippen molar-refractivity contribution < 1.29 is 36.7 Å². The molecule has 0 spiro atoms. The van der Waals surface area contributed by atoms with E-state index in [2.05, 4.69) is 16.0 Å². The van der Waals surface area contributed by atoms with Crippen LogP contribution in [-0.2, 0) is 15.7 Å². The number of rotatable bonds is 6. The monoisotopic (exact) mass is 487 g/mol. The molecule has 0 bridgehead atoms. The van der Waals surface area contributed by atoms with Gasteiger partial charge in [-0.2, -0.15) is 13.2 Å². The van der Waals surface area contributed by atoms with Crippen LogP contribution in [-0.4, -0.2) is 30.4 Å². The van der Waals surface area contributed by atoms with Crippen molar-refractivity contribution in [3.8, 4) is 0 Å². The number of hydrogen-bond donors (Lipinski definition) is 3. The van der Waals surface area contributed by atoms with E-state index in [1.165, 1.54) is 42.7 Å². The van der Waals surface area contributed by atoms with Gasteiger partial charge in [-0.1, -0.05) is 6.07 Å². The highest BCUT2D eigenvalue weighted by Gasteiger charge is 2.34. The second-order valence-corrected chi connectivity index (χ2v) is 7.72. The van der Waals surface area contributed by atoms with Crippen molar-refractivity contribution in [3.05, 3.63) is 77.7 Å². The number of carbonyl (C=O) groups excluding carboxylic acids is 3. The summed E-state index contributed by atoms with van der Waals surface area (Å²) in [5.74, 6) is -1.95. The largest absolute Gasteiger partial charge is 0.459 e. The molecule has 2 heterocycles. The number of hydrogen-bond acceptors (Lipinski definition) is 5. The Kier molecular flexibility index (Phi) is 6.87. The number of nitrogens with one attached hydrogen (secondary N) is 3. The highest BCUT2D eigenvalue weighted by molar-refractivity contribution is 6.06. The second-order valence-electron chi connectivity index (χ2n) is 7.72. The molecule has 4 rings (SSSR count). The van der Waals surface area contributed by atoms with Crippen LogP contribution in [0.1, 0.15) is 39.3 Å². The Bertz CT molecular complexity index is 1240. The van der Waals surface area contributed by atoms with Gasteiger partial charge in [0, 0.05) is 23.5 Å². The van der Waals surface area contributed by atoms with E-state index in [0.29, 0.717) is 24.8 Å². The van der Waals surface area contributed by atoms with Crippen molar-refractivity contribution in [2.45, 2.75) is 25.1 Å². The first-order chi connectivity index (χ1) is 16.7. The number of amides is 3. The molecule has 182 valence electrons. The first kappa shape index (κ1) is 24.0. The van der Waals surface area contributed by atoms with E-state index in [-0.39, 0.29) is 22.9 Å². The summed E-state index contributed by atoms with van der Waals surface area (Å²) in [6, 6.07) is 11.6. The van der Waals surface area contributed by atoms with Gasteiger partial charge < -0.3 is 25.1 Å². The smallest absolute Gasteiger partial charge is 0.418 e. The molecule has 1 aliphatic rings. The highest BCUT2D eigenvalue weighted by Crippen LogP contribution is 2.37. The molecule has 35 heavy (non-hydrogen) atoms. The lowest BCUT2D eigenvalue weighted by Gasteiger charge is -2.16. The molecule has 1 fully saturated rings. The maximum absolute atomic E-state index is 13.7. The molecule has 1 unspecified atom stereocenters. The Morgan fingerprint density at radius 3 is 2.37 bits per heavy atom. The molecule has 0 saturated carbocycles. The summed E-state index contributed by atoms with van der Waals surface area (Å²) in [6.45, 7) is 0.493. The molecule has 1 saturated heterocycles. The second kappa shape index (κ2) is 10.0. The Morgan fingerprint density at radius 2 is 1.69 bits per heavy atom. The average molecular weight is 487 g/mol. The number of carbonyl (C=O) groups is 3. The summed E-state index contributed by atoms with van der Waals surface area (Å²) in [4.78, 5) is 37.0. The van der Waals surface area contributed by atoms with Gasteiger partial charge in [-0.05, 0) is 61.4 Å². The third kappa shape index (κ3) is 5.87. The van der Waals surface area contributed by atoms with Crippen LogP contribution in [0.2, 0.25) is 0 Å². The summed E-state index contributed by atoms with van der Waals surface area (Å²) in [7, 11) is 0. The lowest BCUT2D eigenvalue weighted by atomic mass is 10.1. The average Bonchev–Trinajstić information content (AvgIpc) is 3.54. The topological polar surface area (TPSA) is 110 Å². The van der Waals surface area contributed by atoms with Gasteiger partial charge in [-0.3, -0.25) is 14.4 Å². The SMILES string of the molecule is O=C(Nc1ccc(NC(=O)c2ccco2)cc1C(F)(F)F)c1cccc(NC(=O)C2CCCO2)c1. The van der Waals surface area contributed by atoms with Crippen LogP contribution < -0.4 is 16.0 Å². The number of halogens is 3. The Balaban J connectivity index is 1.50. The minimum absolute atomic E-state index is 0.0402. The molecular weight excluding hydrogens is 467 g/mol. The van der Waals surface area contributed by atoms with Crippen molar-refractivity contribution in [1.82, 2.24) is 0 Å². The summed E-state index contributed by atoms with van der Waals surface area (Å²) >= 11 is 0. The predicted molar refractivity (Wildman–Crippen MR) is 120 cm³/mol. The van der Waals surface area contributed by atoms with Gasteiger partial charge in [0.05, 0.1) is 17.5 Å². The maximum atomic E-state index is 13.7. The van der Waals surface area contributed by atoms with E-state index in [0.717, 1.165) is 12.5 Å². The van der Waals surface area contributed by atoms with Crippen LogP contribution in [0.5, 0.6) is 0 Å². The van der Waals surface area contributed by atoms with Gasteiger partial charge in [0.2, 0.25) is 0 Å². The van der Waals surface area contributed by atoms with Crippen molar-refractivity contribution in [2.24, 2.45) is 0 Å². The van der Waals surface area contributed by atoms with E-state index in [9.17, 15) is 27.6 Å². The highest BCUT2D eigenvalue weighted by atomic mass is 19.4. The molecule has 0 aliphatic carbocycles. The third-order valence-electron chi connectivity index (χ3n) is 5.19. The number of benzene rings is 2. The van der Waals surface area contributed by atoms with Gasteiger partial charge in [-0.25, -0.2) is 0 Å². The molecule has 1 atom stereocenters. The fourth-order valence-corrected chi connectivity index (χ4v) is 3.51. The van der Waals surface area contributed by atoms with E-state index < -0.39 is 35.3 Å². The fraction of sp³-hybridized carbons (Fsp3) is 0.208. The first-order valence-electron chi connectivity index (χ1n) is 10.6. The zero-order valence-electron chi connectivity index (χ0n) is 18.1. The predicted octanol–water partition coefficient (Wildman–Crippen LogP) is 4.92. The fourth-order valence-electron chi connectivity index (χ4n) is 3.51. The zero-order valence-corrected chi connectivity index (χ0v) is 18.1. The molecule has 0 radical (unpaired) electrons. The number of furan rings is 1. The molecule has 3 aromatic rings. The van der Waals surface area contributed by atoms with Crippen LogP contribution in [0, 0.1) is 0 Å². The zero-order chi connectivity index (χ0) is 25.0. The standard InChI is InChI=1S/C24H20F3N3O5/c25-24(26,27)17-13-16(29-23(33)20-7-3-11-35-20)8-9-18(17)30-21(31)14-4-1-5-15(12-14)28-22(32)19-6-2-10-34-19/h1,3-5,7-9,11-13,19H,2,6,10H2,(H,28,32)(H,29,33)(H,30,31). The summed E-state index contributed by atoms with van der Waals surface area (Å²) in [5, 5.41) is 7.22.